The molecule has 1 amide bonds. The number of halogens is 3. The number of hydrogen-bond donors (Lipinski definition) is 0. The van der Waals surface area contributed by atoms with Crippen LogP contribution in [0.2, 0.25) is 0 Å². The molecule has 0 saturated carbocycles. The molecule has 3 rings (SSSR count). The zero-order chi connectivity index (χ0) is 17.3. The number of benzene rings is 2. The van der Waals surface area contributed by atoms with Gasteiger partial charge in [-0.3, -0.25) is 4.79 Å². The van der Waals surface area contributed by atoms with Crippen LogP contribution in [0, 0.1) is 0 Å². The van der Waals surface area contributed by atoms with E-state index in [-0.39, 0.29) is 6.54 Å². The van der Waals surface area contributed by atoms with Gasteiger partial charge in [0, 0.05) is 6.54 Å². The third-order valence-electron chi connectivity index (χ3n) is 4.26. The van der Waals surface area contributed by atoms with Crippen LogP contribution in [-0.4, -0.2) is 30.1 Å². The Labute approximate surface area is 138 Å². The standard InChI is InChI=1S/C19H18F3NO/c1-2-11-23(12-19(20,21)22)18(24)17-15-9-5-3-7-13(15)14-8-4-6-10-16(14)17/h3-10,17H,2,11-12H2,1H3. The summed E-state index contributed by atoms with van der Waals surface area (Å²) in [6, 6.07) is 14.9. The Balaban J connectivity index is 2.02. The van der Waals surface area contributed by atoms with Gasteiger partial charge in [-0.15, -0.1) is 0 Å². The summed E-state index contributed by atoms with van der Waals surface area (Å²) in [5.41, 5.74) is 3.42. The molecule has 2 aromatic rings. The van der Waals surface area contributed by atoms with E-state index < -0.39 is 24.5 Å². The van der Waals surface area contributed by atoms with Gasteiger partial charge in [0.15, 0.2) is 0 Å². The smallest absolute Gasteiger partial charge is 0.333 e. The highest BCUT2D eigenvalue weighted by molar-refractivity contribution is 5.96. The summed E-state index contributed by atoms with van der Waals surface area (Å²) < 4.78 is 38.6. The van der Waals surface area contributed by atoms with Crippen molar-refractivity contribution in [1.29, 1.82) is 0 Å². The Morgan fingerprint density at radius 3 is 1.96 bits per heavy atom. The van der Waals surface area contributed by atoms with Crippen LogP contribution in [0.25, 0.3) is 11.1 Å². The van der Waals surface area contributed by atoms with Crippen LogP contribution in [0.5, 0.6) is 0 Å². The molecule has 0 bridgehead atoms. The predicted octanol–water partition coefficient (Wildman–Crippen LogP) is 4.60. The third-order valence-corrected chi connectivity index (χ3v) is 4.26. The van der Waals surface area contributed by atoms with Crippen molar-refractivity contribution in [3.63, 3.8) is 0 Å². The van der Waals surface area contributed by atoms with Crippen molar-refractivity contribution in [2.24, 2.45) is 0 Å². The highest BCUT2D eigenvalue weighted by Crippen LogP contribution is 2.45. The van der Waals surface area contributed by atoms with Gasteiger partial charge in [-0.2, -0.15) is 13.2 Å². The summed E-state index contributed by atoms with van der Waals surface area (Å²) in [4.78, 5) is 13.9. The monoisotopic (exact) mass is 333 g/mol. The molecule has 2 nitrogen and oxygen atoms in total. The molecule has 126 valence electrons. The first-order valence-corrected chi connectivity index (χ1v) is 7.96. The average Bonchev–Trinajstić information content (AvgIpc) is 2.87. The van der Waals surface area contributed by atoms with Crippen LogP contribution < -0.4 is 0 Å². The number of rotatable bonds is 4. The van der Waals surface area contributed by atoms with Crippen LogP contribution in [0.15, 0.2) is 48.5 Å². The topological polar surface area (TPSA) is 20.3 Å². The molecule has 0 atom stereocenters. The van der Waals surface area contributed by atoms with E-state index in [0.717, 1.165) is 27.2 Å². The van der Waals surface area contributed by atoms with Gasteiger partial charge in [-0.25, -0.2) is 0 Å². The Kier molecular flexibility index (Phi) is 4.35. The lowest BCUT2D eigenvalue weighted by Gasteiger charge is -2.27. The summed E-state index contributed by atoms with van der Waals surface area (Å²) >= 11 is 0. The Bertz CT molecular complexity index is 709. The molecule has 0 saturated heterocycles. The Morgan fingerprint density at radius 2 is 1.50 bits per heavy atom. The number of alkyl halides is 3. The zero-order valence-corrected chi connectivity index (χ0v) is 13.3. The lowest BCUT2D eigenvalue weighted by molar-refractivity contribution is -0.161. The number of carbonyl (C=O) groups excluding carboxylic acids is 1. The van der Waals surface area contributed by atoms with Gasteiger partial charge in [0.2, 0.25) is 5.91 Å². The highest BCUT2D eigenvalue weighted by Gasteiger charge is 2.39. The summed E-state index contributed by atoms with van der Waals surface area (Å²) in [5, 5.41) is 0. The van der Waals surface area contributed by atoms with E-state index >= 15 is 0 Å². The molecule has 24 heavy (non-hydrogen) atoms. The molecule has 0 unspecified atom stereocenters. The fraction of sp³-hybridized carbons (Fsp3) is 0.316. The maximum absolute atomic E-state index is 13.0. The number of amides is 1. The normalized spacial score (nSPS) is 13.5. The minimum Gasteiger partial charge on any atom is -0.333 e. The fourth-order valence-corrected chi connectivity index (χ4v) is 3.36. The molecular weight excluding hydrogens is 315 g/mol. The molecule has 1 aliphatic rings. The Hall–Kier alpha value is -2.30. The second-order valence-electron chi connectivity index (χ2n) is 5.98. The molecule has 1 aliphatic carbocycles. The largest absolute Gasteiger partial charge is 0.406 e. The van der Waals surface area contributed by atoms with Crippen molar-refractivity contribution in [1.82, 2.24) is 4.90 Å². The van der Waals surface area contributed by atoms with Gasteiger partial charge >= 0.3 is 6.18 Å². The minimum atomic E-state index is -4.40. The summed E-state index contributed by atoms with van der Waals surface area (Å²) in [6.07, 6.45) is -3.92. The van der Waals surface area contributed by atoms with E-state index in [4.69, 9.17) is 0 Å². The van der Waals surface area contributed by atoms with E-state index in [1.807, 2.05) is 48.5 Å². The van der Waals surface area contributed by atoms with E-state index in [0.29, 0.717) is 6.42 Å². The quantitative estimate of drug-likeness (QED) is 0.801. The summed E-state index contributed by atoms with van der Waals surface area (Å²) in [7, 11) is 0. The van der Waals surface area contributed by atoms with Crippen molar-refractivity contribution in [2.75, 3.05) is 13.1 Å². The van der Waals surface area contributed by atoms with E-state index in [2.05, 4.69) is 0 Å². The zero-order valence-electron chi connectivity index (χ0n) is 13.3. The van der Waals surface area contributed by atoms with Crippen LogP contribution in [0.4, 0.5) is 13.2 Å². The average molecular weight is 333 g/mol. The van der Waals surface area contributed by atoms with E-state index in [1.165, 1.54) is 0 Å². The van der Waals surface area contributed by atoms with Crippen LogP contribution in [0.1, 0.15) is 30.4 Å². The maximum Gasteiger partial charge on any atom is 0.406 e. The first-order valence-electron chi connectivity index (χ1n) is 7.96. The second-order valence-corrected chi connectivity index (χ2v) is 5.98. The van der Waals surface area contributed by atoms with Crippen LogP contribution in [-0.2, 0) is 4.79 Å². The maximum atomic E-state index is 13.0. The number of nitrogens with zero attached hydrogens (tertiary/aromatic N) is 1. The van der Waals surface area contributed by atoms with Crippen molar-refractivity contribution in [2.45, 2.75) is 25.4 Å². The van der Waals surface area contributed by atoms with Gasteiger partial charge in [-0.05, 0) is 28.7 Å². The second kappa shape index (κ2) is 6.30. The lowest BCUT2D eigenvalue weighted by atomic mass is 9.95. The van der Waals surface area contributed by atoms with Gasteiger partial charge in [0.25, 0.3) is 0 Å². The number of carbonyl (C=O) groups is 1. The highest BCUT2D eigenvalue weighted by atomic mass is 19.4. The Morgan fingerprint density at radius 1 is 1.00 bits per heavy atom. The molecule has 2 aromatic carbocycles. The van der Waals surface area contributed by atoms with Crippen molar-refractivity contribution < 1.29 is 18.0 Å². The van der Waals surface area contributed by atoms with Crippen molar-refractivity contribution in [3.05, 3.63) is 59.7 Å². The molecule has 0 heterocycles. The molecule has 5 heteroatoms. The first-order chi connectivity index (χ1) is 11.4. The molecule has 0 aliphatic heterocycles. The number of hydrogen-bond acceptors (Lipinski definition) is 1. The molecule has 0 spiro atoms. The summed E-state index contributed by atoms with van der Waals surface area (Å²) in [5.74, 6) is -1.14. The molecular formula is C19H18F3NO. The van der Waals surface area contributed by atoms with E-state index in [9.17, 15) is 18.0 Å². The molecule has 0 radical (unpaired) electrons. The fourth-order valence-electron chi connectivity index (χ4n) is 3.36. The van der Waals surface area contributed by atoms with Crippen molar-refractivity contribution >= 4 is 5.91 Å². The van der Waals surface area contributed by atoms with Gasteiger partial charge in [0.05, 0.1) is 5.92 Å². The molecule has 0 fully saturated rings. The van der Waals surface area contributed by atoms with Gasteiger partial charge in [0.1, 0.15) is 6.54 Å². The van der Waals surface area contributed by atoms with E-state index in [1.54, 1.807) is 6.92 Å². The first kappa shape index (κ1) is 16.6. The van der Waals surface area contributed by atoms with Gasteiger partial charge < -0.3 is 4.90 Å². The molecule has 0 aromatic heterocycles. The SMILES string of the molecule is CCCN(CC(F)(F)F)C(=O)C1c2ccccc2-c2ccccc21. The van der Waals surface area contributed by atoms with Crippen LogP contribution in [0.3, 0.4) is 0 Å². The molecule has 0 N–H and O–H groups in total. The third kappa shape index (κ3) is 3.03. The van der Waals surface area contributed by atoms with Crippen molar-refractivity contribution in [3.8, 4) is 11.1 Å². The summed E-state index contributed by atoms with van der Waals surface area (Å²) in [6.45, 7) is 0.660. The number of fused-ring (bicyclic) bond motifs is 3. The lowest BCUT2D eigenvalue weighted by Crippen LogP contribution is -2.41. The van der Waals surface area contributed by atoms with Crippen LogP contribution >= 0.6 is 0 Å². The minimum absolute atomic E-state index is 0.0964. The van der Waals surface area contributed by atoms with Gasteiger partial charge in [-0.1, -0.05) is 55.5 Å². The predicted molar refractivity (Wildman–Crippen MR) is 86.6 cm³/mol.